The van der Waals surface area contributed by atoms with Crippen molar-refractivity contribution in [2.75, 3.05) is 12.4 Å². The van der Waals surface area contributed by atoms with E-state index in [0.29, 0.717) is 6.42 Å². The Morgan fingerprint density at radius 2 is 2.06 bits per heavy atom. The largest absolute Gasteiger partial charge is 0.480 e. The second-order valence-electron chi connectivity index (χ2n) is 3.51. The number of carbonyl (C=O) groups is 1. The molecule has 0 rings (SSSR count). The number of aliphatic carboxylic acids is 1. The standard InChI is InChI=1S/C9H18FNO4S/c1-2-3-5-8(9(12)13)11-16(14,15)7-4-6-10/h8,11H,2-7H2,1H3,(H,12,13). The van der Waals surface area contributed by atoms with Crippen LogP contribution in [0.4, 0.5) is 4.39 Å². The maximum atomic E-state index is 11.8. The molecule has 16 heavy (non-hydrogen) atoms. The molecule has 0 radical (unpaired) electrons. The van der Waals surface area contributed by atoms with Crippen LogP contribution in [-0.4, -0.2) is 38.0 Å². The van der Waals surface area contributed by atoms with Gasteiger partial charge in [-0.15, -0.1) is 0 Å². The lowest BCUT2D eigenvalue weighted by molar-refractivity contribution is -0.139. The molecular formula is C9H18FNO4S. The topological polar surface area (TPSA) is 83.5 Å². The van der Waals surface area contributed by atoms with Crippen molar-refractivity contribution in [1.29, 1.82) is 0 Å². The normalized spacial score (nSPS) is 13.6. The van der Waals surface area contributed by atoms with E-state index in [9.17, 15) is 17.6 Å². The molecule has 0 aliphatic carbocycles. The summed E-state index contributed by atoms with van der Waals surface area (Å²) in [5.74, 6) is -1.57. The van der Waals surface area contributed by atoms with Crippen LogP contribution in [0.1, 0.15) is 32.6 Å². The Kier molecular flexibility index (Phi) is 7.24. The maximum Gasteiger partial charge on any atom is 0.321 e. The van der Waals surface area contributed by atoms with Crippen molar-refractivity contribution in [2.45, 2.75) is 38.6 Å². The van der Waals surface area contributed by atoms with E-state index < -0.39 is 28.7 Å². The second kappa shape index (κ2) is 7.56. The van der Waals surface area contributed by atoms with Crippen LogP contribution in [0.25, 0.3) is 0 Å². The zero-order chi connectivity index (χ0) is 12.6. The molecule has 0 aliphatic rings. The van der Waals surface area contributed by atoms with Crippen molar-refractivity contribution in [1.82, 2.24) is 4.72 Å². The third kappa shape index (κ3) is 6.73. The molecule has 2 N–H and O–H groups in total. The Balaban J connectivity index is 4.32. The smallest absolute Gasteiger partial charge is 0.321 e. The van der Waals surface area contributed by atoms with Gasteiger partial charge < -0.3 is 5.11 Å². The average Bonchev–Trinajstić information content (AvgIpc) is 2.21. The van der Waals surface area contributed by atoms with Gasteiger partial charge in [-0.2, -0.15) is 0 Å². The van der Waals surface area contributed by atoms with Gasteiger partial charge >= 0.3 is 5.97 Å². The van der Waals surface area contributed by atoms with Crippen LogP contribution in [0.3, 0.4) is 0 Å². The van der Waals surface area contributed by atoms with Gasteiger partial charge in [-0.1, -0.05) is 19.8 Å². The van der Waals surface area contributed by atoms with Crippen molar-refractivity contribution in [3.63, 3.8) is 0 Å². The van der Waals surface area contributed by atoms with Crippen molar-refractivity contribution < 1.29 is 22.7 Å². The second-order valence-corrected chi connectivity index (χ2v) is 5.39. The Morgan fingerprint density at radius 1 is 1.44 bits per heavy atom. The third-order valence-corrected chi connectivity index (χ3v) is 3.48. The molecule has 0 aromatic heterocycles. The van der Waals surface area contributed by atoms with Gasteiger partial charge in [-0.25, -0.2) is 13.1 Å². The van der Waals surface area contributed by atoms with Gasteiger partial charge in [0.15, 0.2) is 0 Å². The summed E-state index contributed by atoms with van der Waals surface area (Å²) in [6.07, 6.45) is 1.55. The van der Waals surface area contributed by atoms with Crippen molar-refractivity contribution in [2.24, 2.45) is 0 Å². The van der Waals surface area contributed by atoms with Crippen LogP contribution < -0.4 is 4.72 Å². The Morgan fingerprint density at radius 3 is 2.50 bits per heavy atom. The minimum atomic E-state index is -3.69. The predicted octanol–water partition coefficient (Wildman–Crippen LogP) is 0.909. The van der Waals surface area contributed by atoms with Crippen molar-refractivity contribution in [3.05, 3.63) is 0 Å². The SMILES string of the molecule is CCCCC(NS(=O)(=O)CCCF)C(=O)O. The van der Waals surface area contributed by atoms with E-state index in [1.165, 1.54) is 0 Å². The fourth-order valence-electron chi connectivity index (χ4n) is 1.16. The number of carboxylic acid groups (broad SMARTS) is 1. The van der Waals surface area contributed by atoms with Gasteiger partial charge in [-0.3, -0.25) is 9.18 Å². The molecule has 5 nitrogen and oxygen atoms in total. The van der Waals surface area contributed by atoms with E-state index in [1.54, 1.807) is 0 Å². The molecule has 0 aromatic rings. The Bertz CT molecular complexity index is 305. The molecule has 0 aromatic carbocycles. The van der Waals surface area contributed by atoms with Crippen LogP contribution >= 0.6 is 0 Å². The fraction of sp³-hybridized carbons (Fsp3) is 0.889. The summed E-state index contributed by atoms with van der Waals surface area (Å²) in [6.45, 7) is 1.16. The first kappa shape index (κ1) is 15.3. The maximum absolute atomic E-state index is 11.8. The van der Waals surface area contributed by atoms with Gasteiger partial charge in [0.1, 0.15) is 6.04 Å². The van der Waals surface area contributed by atoms with Crippen LogP contribution in [-0.2, 0) is 14.8 Å². The molecule has 0 fully saturated rings. The predicted molar refractivity (Wildman–Crippen MR) is 58.5 cm³/mol. The molecule has 7 heteroatoms. The molecular weight excluding hydrogens is 237 g/mol. The lowest BCUT2D eigenvalue weighted by Crippen LogP contribution is -2.41. The lowest BCUT2D eigenvalue weighted by atomic mass is 10.1. The number of halogens is 1. The molecule has 0 amide bonds. The monoisotopic (exact) mass is 255 g/mol. The van der Waals surface area contributed by atoms with Crippen molar-refractivity contribution in [3.8, 4) is 0 Å². The Labute approximate surface area is 95.1 Å². The van der Waals surface area contributed by atoms with Crippen molar-refractivity contribution >= 4 is 16.0 Å². The highest BCUT2D eigenvalue weighted by Crippen LogP contribution is 2.03. The average molecular weight is 255 g/mol. The van der Waals surface area contributed by atoms with E-state index in [4.69, 9.17) is 5.11 Å². The van der Waals surface area contributed by atoms with E-state index in [1.807, 2.05) is 6.92 Å². The van der Waals surface area contributed by atoms with Crippen LogP contribution in [0, 0.1) is 0 Å². The first-order chi connectivity index (χ1) is 7.43. The summed E-state index contributed by atoms with van der Waals surface area (Å²) < 4.78 is 36.5. The Hall–Kier alpha value is -0.690. The molecule has 0 aliphatic heterocycles. The summed E-state index contributed by atoms with van der Waals surface area (Å²) in [5, 5.41) is 8.79. The lowest BCUT2D eigenvalue weighted by Gasteiger charge is -2.13. The molecule has 0 saturated heterocycles. The van der Waals surface area contributed by atoms with Gasteiger partial charge in [-0.05, 0) is 12.8 Å². The third-order valence-electron chi connectivity index (χ3n) is 2.01. The molecule has 0 spiro atoms. The number of sulfonamides is 1. The van der Waals surface area contributed by atoms with Crippen LogP contribution in [0.5, 0.6) is 0 Å². The van der Waals surface area contributed by atoms with Crippen LogP contribution in [0.15, 0.2) is 0 Å². The van der Waals surface area contributed by atoms with E-state index in [0.717, 1.165) is 6.42 Å². The number of rotatable bonds is 9. The van der Waals surface area contributed by atoms with Crippen LogP contribution in [0.2, 0.25) is 0 Å². The van der Waals surface area contributed by atoms with Gasteiger partial charge in [0.2, 0.25) is 10.0 Å². The quantitative estimate of drug-likeness (QED) is 0.641. The highest BCUT2D eigenvalue weighted by atomic mass is 32.2. The molecule has 96 valence electrons. The number of carboxylic acids is 1. The molecule has 0 saturated carbocycles. The highest BCUT2D eigenvalue weighted by Gasteiger charge is 2.22. The molecule has 1 atom stereocenters. The summed E-state index contributed by atoms with van der Waals surface area (Å²) in [6, 6.07) is -1.11. The zero-order valence-corrected chi connectivity index (χ0v) is 10.1. The summed E-state index contributed by atoms with van der Waals surface area (Å²) in [5.41, 5.74) is 0. The minimum Gasteiger partial charge on any atom is -0.480 e. The number of hydrogen-bond acceptors (Lipinski definition) is 3. The van der Waals surface area contributed by atoms with E-state index in [2.05, 4.69) is 4.72 Å². The number of unbranched alkanes of at least 4 members (excludes halogenated alkanes) is 1. The van der Waals surface area contributed by atoms with E-state index in [-0.39, 0.29) is 18.6 Å². The van der Waals surface area contributed by atoms with Gasteiger partial charge in [0, 0.05) is 0 Å². The minimum absolute atomic E-state index is 0.116. The van der Waals surface area contributed by atoms with Gasteiger partial charge in [0.25, 0.3) is 0 Å². The number of alkyl halides is 1. The molecule has 0 bridgehead atoms. The molecule has 0 heterocycles. The van der Waals surface area contributed by atoms with E-state index >= 15 is 0 Å². The first-order valence-electron chi connectivity index (χ1n) is 5.21. The summed E-state index contributed by atoms with van der Waals surface area (Å²) >= 11 is 0. The number of nitrogens with one attached hydrogen (secondary N) is 1. The highest BCUT2D eigenvalue weighted by molar-refractivity contribution is 7.89. The summed E-state index contributed by atoms with van der Waals surface area (Å²) in [4.78, 5) is 10.8. The zero-order valence-electron chi connectivity index (χ0n) is 9.28. The number of hydrogen-bond donors (Lipinski definition) is 2. The fourth-order valence-corrected chi connectivity index (χ4v) is 2.42. The molecule has 1 unspecified atom stereocenters. The van der Waals surface area contributed by atoms with Gasteiger partial charge in [0.05, 0.1) is 12.4 Å². The summed E-state index contributed by atoms with van der Waals surface area (Å²) in [7, 11) is -3.69. The first-order valence-corrected chi connectivity index (χ1v) is 6.87.